The molecule has 5 nitrogen and oxygen atoms in total. The highest BCUT2D eigenvalue weighted by molar-refractivity contribution is 4.88. The molecule has 1 aliphatic heterocycles. The van der Waals surface area contributed by atoms with E-state index in [1.54, 1.807) is 0 Å². The Morgan fingerprint density at radius 2 is 1.67 bits per heavy atom. The molecule has 1 aliphatic rings. The zero-order chi connectivity index (χ0) is 9.30. The van der Waals surface area contributed by atoms with E-state index < -0.39 is 37.4 Å². The maximum absolute atomic E-state index is 12.6. The first-order valence-electron chi connectivity index (χ1n) is 3.52. The van der Waals surface area contributed by atoms with Gasteiger partial charge in [-0.1, -0.05) is 0 Å². The lowest BCUT2D eigenvalue weighted by molar-refractivity contribution is -0.262. The van der Waals surface area contributed by atoms with Gasteiger partial charge in [0.2, 0.25) is 6.36 Å². The highest BCUT2D eigenvalue weighted by Crippen LogP contribution is 2.21. The lowest BCUT2D eigenvalue weighted by Gasteiger charge is -2.36. The molecule has 0 aromatic carbocycles. The molecule has 6 heteroatoms. The highest BCUT2D eigenvalue weighted by Gasteiger charge is 2.43. The lowest BCUT2D eigenvalue weighted by Crippen LogP contribution is -2.57. The van der Waals surface area contributed by atoms with Gasteiger partial charge in [-0.3, -0.25) is 0 Å². The summed E-state index contributed by atoms with van der Waals surface area (Å²) in [7, 11) is 0. The van der Waals surface area contributed by atoms with Crippen molar-refractivity contribution in [2.75, 3.05) is 6.61 Å². The SMILES string of the molecule is OC[C@H]1O[C@@H](F)[C@@H](O)[C@@H](O)[C@@H]1O. The molecular weight excluding hydrogens is 171 g/mol. The van der Waals surface area contributed by atoms with Crippen molar-refractivity contribution >= 4 is 0 Å². The summed E-state index contributed by atoms with van der Waals surface area (Å²) >= 11 is 0. The summed E-state index contributed by atoms with van der Waals surface area (Å²) in [5, 5.41) is 35.4. The number of hydrogen-bond acceptors (Lipinski definition) is 5. The van der Waals surface area contributed by atoms with E-state index in [0.29, 0.717) is 0 Å². The third-order valence-corrected chi connectivity index (χ3v) is 1.83. The largest absolute Gasteiger partial charge is 0.394 e. The molecule has 0 radical (unpaired) electrons. The fourth-order valence-electron chi connectivity index (χ4n) is 1.06. The average molecular weight is 182 g/mol. The van der Waals surface area contributed by atoms with Gasteiger partial charge in [0.25, 0.3) is 0 Å². The minimum Gasteiger partial charge on any atom is -0.394 e. The Kier molecular flexibility index (Phi) is 2.97. The molecule has 0 bridgehead atoms. The van der Waals surface area contributed by atoms with Crippen LogP contribution in [0.2, 0.25) is 0 Å². The molecule has 1 fully saturated rings. The van der Waals surface area contributed by atoms with Crippen molar-refractivity contribution in [3.63, 3.8) is 0 Å². The Labute approximate surface area is 68.0 Å². The van der Waals surface area contributed by atoms with Crippen molar-refractivity contribution in [2.45, 2.75) is 30.8 Å². The summed E-state index contributed by atoms with van der Waals surface area (Å²) in [6.07, 6.45) is -8.09. The molecule has 0 spiro atoms. The van der Waals surface area contributed by atoms with E-state index in [9.17, 15) is 4.39 Å². The number of hydrogen-bond donors (Lipinski definition) is 4. The smallest absolute Gasteiger partial charge is 0.228 e. The van der Waals surface area contributed by atoms with Crippen molar-refractivity contribution < 1.29 is 29.6 Å². The van der Waals surface area contributed by atoms with Gasteiger partial charge in [-0.2, -0.15) is 0 Å². The Hall–Kier alpha value is -0.270. The van der Waals surface area contributed by atoms with E-state index in [-0.39, 0.29) is 0 Å². The van der Waals surface area contributed by atoms with E-state index in [4.69, 9.17) is 20.4 Å². The zero-order valence-electron chi connectivity index (χ0n) is 6.17. The zero-order valence-corrected chi connectivity index (χ0v) is 6.17. The van der Waals surface area contributed by atoms with E-state index in [0.717, 1.165) is 0 Å². The second kappa shape index (κ2) is 3.63. The van der Waals surface area contributed by atoms with Gasteiger partial charge in [0, 0.05) is 0 Å². The molecule has 0 aliphatic carbocycles. The van der Waals surface area contributed by atoms with Gasteiger partial charge in [0.15, 0.2) is 0 Å². The van der Waals surface area contributed by atoms with E-state index in [1.807, 2.05) is 0 Å². The summed E-state index contributed by atoms with van der Waals surface area (Å²) in [6.45, 7) is -0.606. The molecule has 72 valence electrons. The van der Waals surface area contributed by atoms with Gasteiger partial charge in [0.05, 0.1) is 6.61 Å². The second-order valence-electron chi connectivity index (χ2n) is 2.68. The molecular formula is C6H11FO5. The molecule has 1 saturated heterocycles. The minimum absolute atomic E-state index is 0.606. The number of ether oxygens (including phenoxy) is 1. The van der Waals surface area contributed by atoms with Crippen molar-refractivity contribution in [1.82, 2.24) is 0 Å². The summed E-state index contributed by atoms with van der Waals surface area (Å²) in [5.41, 5.74) is 0. The Balaban J connectivity index is 2.63. The Morgan fingerprint density at radius 3 is 2.17 bits per heavy atom. The molecule has 12 heavy (non-hydrogen) atoms. The maximum atomic E-state index is 12.6. The van der Waals surface area contributed by atoms with Crippen LogP contribution in [0.5, 0.6) is 0 Å². The van der Waals surface area contributed by atoms with Crippen molar-refractivity contribution in [1.29, 1.82) is 0 Å². The topological polar surface area (TPSA) is 90.2 Å². The third-order valence-electron chi connectivity index (χ3n) is 1.83. The summed E-state index contributed by atoms with van der Waals surface area (Å²) in [5.74, 6) is 0. The summed E-state index contributed by atoms with van der Waals surface area (Å²) in [4.78, 5) is 0. The number of aliphatic hydroxyl groups excluding tert-OH is 4. The maximum Gasteiger partial charge on any atom is 0.228 e. The minimum atomic E-state index is -2.07. The van der Waals surface area contributed by atoms with Gasteiger partial charge in [-0.15, -0.1) is 0 Å². The molecule has 0 aromatic heterocycles. The molecule has 4 N–H and O–H groups in total. The van der Waals surface area contributed by atoms with Crippen molar-refractivity contribution in [3.05, 3.63) is 0 Å². The molecule has 0 amide bonds. The van der Waals surface area contributed by atoms with Crippen LogP contribution in [0.25, 0.3) is 0 Å². The van der Waals surface area contributed by atoms with E-state index in [1.165, 1.54) is 0 Å². The van der Waals surface area contributed by atoms with E-state index in [2.05, 4.69) is 4.74 Å². The van der Waals surface area contributed by atoms with Crippen LogP contribution in [0.3, 0.4) is 0 Å². The molecule has 0 aromatic rings. The predicted molar refractivity (Wildman–Crippen MR) is 34.9 cm³/mol. The number of aliphatic hydroxyl groups is 4. The van der Waals surface area contributed by atoms with Crippen LogP contribution in [0.1, 0.15) is 0 Å². The van der Waals surface area contributed by atoms with E-state index >= 15 is 0 Å². The monoisotopic (exact) mass is 182 g/mol. The lowest BCUT2D eigenvalue weighted by atomic mass is 10.00. The van der Waals surface area contributed by atoms with Gasteiger partial charge in [0.1, 0.15) is 24.4 Å². The fraction of sp³-hybridized carbons (Fsp3) is 1.00. The van der Waals surface area contributed by atoms with Gasteiger partial charge >= 0.3 is 0 Å². The number of alkyl halides is 1. The molecule has 1 rings (SSSR count). The van der Waals surface area contributed by atoms with Crippen LogP contribution in [0.15, 0.2) is 0 Å². The number of halogens is 1. The Bertz CT molecular complexity index is 150. The second-order valence-corrected chi connectivity index (χ2v) is 2.68. The molecule has 0 saturated carbocycles. The average Bonchev–Trinajstić information content (AvgIpc) is 2.08. The molecule has 5 atom stereocenters. The first-order valence-corrected chi connectivity index (χ1v) is 3.52. The number of rotatable bonds is 1. The van der Waals surface area contributed by atoms with Crippen LogP contribution >= 0.6 is 0 Å². The Morgan fingerprint density at radius 1 is 1.08 bits per heavy atom. The predicted octanol–water partition coefficient (Wildman–Crippen LogP) is -2.24. The van der Waals surface area contributed by atoms with Gasteiger partial charge in [-0.05, 0) is 0 Å². The quantitative estimate of drug-likeness (QED) is 0.368. The normalized spacial score (nSPS) is 49.2. The van der Waals surface area contributed by atoms with Crippen LogP contribution in [0, 0.1) is 0 Å². The molecule has 0 unspecified atom stereocenters. The summed E-state index contributed by atoms with van der Waals surface area (Å²) < 4.78 is 16.9. The van der Waals surface area contributed by atoms with Crippen LogP contribution in [-0.2, 0) is 4.74 Å². The van der Waals surface area contributed by atoms with Gasteiger partial charge < -0.3 is 25.2 Å². The summed E-state index contributed by atoms with van der Waals surface area (Å²) in [6, 6.07) is 0. The molecule has 1 heterocycles. The first kappa shape index (κ1) is 9.82. The van der Waals surface area contributed by atoms with Gasteiger partial charge in [-0.25, -0.2) is 4.39 Å². The highest BCUT2D eigenvalue weighted by atomic mass is 19.1. The van der Waals surface area contributed by atoms with Crippen molar-refractivity contribution in [3.8, 4) is 0 Å². The van der Waals surface area contributed by atoms with Crippen LogP contribution < -0.4 is 0 Å². The first-order chi connectivity index (χ1) is 5.57. The third kappa shape index (κ3) is 1.57. The van der Waals surface area contributed by atoms with Crippen molar-refractivity contribution in [2.24, 2.45) is 0 Å². The fourth-order valence-corrected chi connectivity index (χ4v) is 1.06. The van der Waals surface area contributed by atoms with Crippen LogP contribution in [0.4, 0.5) is 4.39 Å². The standard InChI is InChI=1S/C6H11FO5/c7-6-5(11)4(10)3(9)2(1-8)12-6/h2-6,8-11H,1H2/t2-,3-,4+,5+,6-/m1/s1. The van der Waals surface area contributed by atoms with Crippen LogP contribution in [-0.4, -0.2) is 57.8 Å².